The number of carbonyl (C=O) groups is 1. The second-order valence-corrected chi connectivity index (χ2v) is 9.94. The van der Waals surface area contributed by atoms with E-state index in [4.69, 9.17) is 0 Å². The highest BCUT2D eigenvalue weighted by molar-refractivity contribution is 5.86. The van der Waals surface area contributed by atoms with Gasteiger partial charge in [0.2, 0.25) is 0 Å². The van der Waals surface area contributed by atoms with Gasteiger partial charge in [-0.1, -0.05) is 13.8 Å². The zero-order valence-corrected chi connectivity index (χ0v) is 15.5. The minimum atomic E-state index is -1.59. The van der Waals surface area contributed by atoms with E-state index in [0.29, 0.717) is 35.5 Å². The Hall–Kier alpha value is -0.440. The summed E-state index contributed by atoms with van der Waals surface area (Å²) in [5, 5.41) is 10.1. The first-order chi connectivity index (χ1) is 11.2. The van der Waals surface area contributed by atoms with Gasteiger partial charge < -0.3 is 5.11 Å². The Kier molecular flexibility index (Phi) is 3.74. The largest absolute Gasteiger partial charge is 0.393 e. The van der Waals surface area contributed by atoms with Gasteiger partial charge in [0.25, 0.3) is 0 Å². The van der Waals surface area contributed by atoms with Crippen LogP contribution in [0.4, 0.5) is 4.39 Å². The third-order valence-electron chi connectivity index (χ3n) is 9.29. The summed E-state index contributed by atoms with van der Waals surface area (Å²) in [5.41, 5.74) is -1.72. The van der Waals surface area contributed by atoms with E-state index in [9.17, 15) is 9.90 Å². The number of hydrogen-bond acceptors (Lipinski definition) is 2. The van der Waals surface area contributed by atoms with Crippen molar-refractivity contribution in [2.75, 3.05) is 0 Å². The van der Waals surface area contributed by atoms with E-state index in [1.165, 1.54) is 19.8 Å². The van der Waals surface area contributed by atoms with Crippen LogP contribution in [0, 0.1) is 34.5 Å². The Morgan fingerprint density at radius 2 is 1.71 bits per heavy atom. The Balaban J connectivity index is 1.65. The number of alkyl halides is 1. The monoisotopic (exact) mass is 336 g/mol. The van der Waals surface area contributed by atoms with Crippen molar-refractivity contribution >= 4 is 5.78 Å². The van der Waals surface area contributed by atoms with E-state index in [2.05, 4.69) is 13.8 Å². The van der Waals surface area contributed by atoms with Crippen LogP contribution in [0.25, 0.3) is 0 Å². The third-order valence-corrected chi connectivity index (χ3v) is 9.29. The molecule has 4 aliphatic rings. The smallest absolute Gasteiger partial charge is 0.174 e. The van der Waals surface area contributed by atoms with Crippen LogP contribution in [0.3, 0.4) is 0 Å². The highest BCUT2D eigenvalue weighted by atomic mass is 19.1. The van der Waals surface area contributed by atoms with Crippen LogP contribution in [-0.2, 0) is 4.79 Å². The topological polar surface area (TPSA) is 37.3 Å². The summed E-state index contributed by atoms with van der Waals surface area (Å²) in [6, 6.07) is 0. The van der Waals surface area contributed by atoms with Gasteiger partial charge in [-0.05, 0) is 93.8 Å². The normalized spacial score (nSPS) is 57.0. The van der Waals surface area contributed by atoms with Gasteiger partial charge in [0.1, 0.15) is 0 Å². The maximum atomic E-state index is 15.6. The van der Waals surface area contributed by atoms with Gasteiger partial charge in [-0.15, -0.1) is 0 Å². The van der Waals surface area contributed by atoms with Crippen molar-refractivity contribution in [3.8, 4) is 0 Å². The first-order valence-corrected chi connectivity index (χ1v) is 10.1. The summed E-state index contributed by atoms with van der Waals surface area (Å²) >= 11 is 0. The zero-order valence-electron chi connectivity index (χ0n) is 15.5. The lowest BCUT2D eigenvalue weighted by atomic mass is 9.44. The lowest BCUT2D eigenvalue weighted by Crippen LogP contribution is -2.57. The van der Waals surface area contributed by atoms with Crippen LogP contribution in [-0.4, -0.2) is 22.7 Å². The molecule has 0 aromatic heterocycles. The van der Waals surface area contributed by atoms with E-state index in [1.807, 2.05) is 0 Å². The number of carbonyl (C=O) groups excluding carboxylic acids is 1. The van der Waals surface area contributed by atoms with Crippen LogP contribution in [0.15, 0.2) is 0 Å². The average molecular weight is 336 g/mol. The lowest BCUT2D eigenvalue weighted by molar-refractivity contribution is -0.156. The minimum Gasteiger partial charge on any atom is -0.393 e. The van der Waals surface area contributed by atoms with E-state index < -0.39 is 11.1 Å². The first kappa shape index (κ1) is 17.0. The van der Waals surface area contributed by atoms with Crippen molar-refractivity contribution in [2.24, 2.45) is 34.5 Å². The van der Waals surface area contributed by atoms with Gasteiger partial charge in [0.15, 0.2) is 11.5 Å². The van der Waals surface area contributed by atoms with Crippen LogP contribution in [0.2, 0.25) is 0 Å². The molecule has 4 aliphatic carbocycles. The number of halogens is 1. The molecule has 136 valence electrons. The minimum absolute atomic E-state index is 0.115. The third kappa shape index (κ3) is 2.00. The predicted molar refractivity (Wildman–Crippen MR) is 92.3 cm³/mol. The fourth-order valence-corrected chi connectivity index (χ4v) is 7.80. The standard InChI is InChI=1S/C21H33FO2/c1-13(23)21(22)11-8-18-16-5-4-14-12-15(24)6-9-19(14,2)17(16)7-10-20(18,21)3/h14-18,24H,4-12H2,1-3H3. The molecule has 4 fully saturated rings. The number of hydrogen-bond donors (Lipinski definition) is 1. The highest BCUT2D eigenvalue weighted by Crippen LogP contribution is 2.69. The molecule has 0 aromatic rings. The lowest BCUT2D eigenvalue weighted by Gasteiger charge is -2.61. The van der Waals surface area contributed by atoms with Crippen LogP contribution < -0.4 is 0 Å². The number of Topliss-reactive ketones (excluding diaryl/α,β-unsaturated/α-hetero) is 1. The Labute approximate surface area is 145 Å². The molecule has 1 N–H and O–H groups in total. The number of aliphatic hydroxyl groups excluding tert-OH is 1. The Morgan fingerprint density at radius 1 is 1.00 bits per heavy atom. The average Bonchev–Trinajstić information content (AvgIpc) is 2.81. The number of rotatable bonds is 1. The SMILES string of the molecule is CC(=O)C1(F)CCC2C3CCC4CC(O)CCC4(C)C3CCC21C. The van der Waals surface area contributed by atoms with Crippen molar-refractivity contribution in [3.05, 3.63) is 0 Å². The number of fused-ring (bicyclic) bond motifs is 5. The maximum Gasteiger partial charge on any atom is 0.174 e. The Morgan fingerprint density at radius 3 is 2.42 bits per heavy atom. The van der Waals surface area contributed by atoms with Crippen molar-refractivity contribution in [3.63, 3.8) is 0 Å². The molecule has 4 rings (SSSR count). The van der Waals surface area contributed by atoms with Gasteiger partial charge in [0, 0.05) is 5.41 Å². The van der Waals surface area contributed by atoms with Gasteiger partial charge in [0.05, 0.1) is 6.10 Å². The molecule has 4 saturated carbocycles. The van der Waals surface area contributed by atoms with Crippen LogP contribution >= 0.6 is 0 Å². The summed E-state index contributed by atoms with van der Waals surface area (Å²) < 4.78 is 15.6. The second-order valence-electron chi connectivity index (χ2n) is 9.94. The van der Waals surface area contributed by atoms with Crippen molar-refractivity contribution in [1.82, 2.24) is 0 Å². The van der Waals surface area contributed by atoms with Gasteiger partial charge in [-0.3, -0.25) is 4.79 Å². The van der Waals surface area contributed by atoms with E-state index in [0.717, 1.165) is 38.5 Å². The molecule has 3 heteroatoms. The van der Waals surface area contributed by atoms with Crippen molar-refractivity contribution in [1.29, 1.82) is 0 Å². The molecule has 8 unspecified atom stereocenters. The molecule has 0 saturated heterocycles. The van der Waals surface area contributed by atoms with Gasteiger partial charge in [-0.2, -0.15) is 0 Å². The molecule has 0 radical (unpaired) electrons. The van der Waals surface area contributed by atoms with Crippen molar-refractivity contribution in [2.45, 2.75) is 90.3 Å². The molecule has 0 bridgehead atoms. The molecule has 0 aromatic carbocycles. The summed E-state index contributed by atoms with van der Waals surface area (Å²) in [5.74, 6) is 2.01. The zero-order chi connectivity index (χ0) is 17.3. The summed E-state index contributed by atoms with van der Waals surface area (Å²) in [7, 11) is 0. The van der Waals surface area contributed by atoms with Crippen LogP contribution in [0.1, 0.15) is 78.6 Å². The molecule has 8 atom stereocenters. The van der Waals surface area contributed by atoms with E-state index >= 15 is 4.39 Å². The molecular formula is C21H33FO2. The molecule has 2 nitrogen and oxygen atoms in total. The molecule has 0 heterocycles. The fraction of sp³-hybridized carbons (Fsp3) is 0.952. The quantitative estimate of drug-likeness (QED) is 0.754. The van der Waals surface area contributed by atoms with Gasteiger partial charge in [-0.25, -0.2) is 4.39 Å². The molecule has 0 aliphatic heterocycles. The summed E-state index contributed by atoms with van der Waals surface area (Å²) in [4.78, 5) is 12.1. The van der Waals surface area contributed by atoms with Gasteiger partial charge >= 0.3 is 0 Å². The summed E-state index contributed by atoms with van der Waals surface area (Å²) in [6.45, 7) is 5.98. The molecule has 0 spiro atoms. The molecule has 0 amide bonds. The highest BCUT2D eigenvalue weighted by Gasteiger charge is 2.67. The summed E-state index contributed by atoms with van der Waals surface area (Å²) in [6.07, 6.45) is 8.50. The van der Waals surface area contributed by atoms with E-state index in [-0.39, 0.29) is 11.9 Å². The number of aliphatic hydroxyl groups is 1. The van der Waals surface area contributed by atoms with E-state index in [1.54, 1.807) is 0 Å². The maximum absolute atomic E-state index is 15.6. The van der Waals surface area contributed by atoms with Crippen LogP contribution in [0.5, 0.6) is 0 Å². The predicted octanol–water partition coefficient (Wildman–Crippen LogP) is 4.69. The molecular weight excluding hydrogens is 303 g/mol. The Bertz CT molecular complexity index is 548. The second kappa shape index (κ2) is 5.28. The fourth-order valence-electron chi connectivity index (χ4n) is 7.80. The first-order valence-electron chi connectivity index (χ1n) is 10.1. The molecule has 24 heavy (non-hydrogen) atoms. The number of ketones is 1. The van der Waals surface area contributed by atoms with Crippen molar-refractivity contribution < 1.29 is 14.3 Å².